The van der Waals surface area contributed by atoms with Crippen molar-refractivity contribution in [3.63, 3.8) is 0 Å². The van der Waals surface area contributed by atoms with Crippen molar-refractivity contribution in [2.45, 2.75) is 69.0 Å². The minimum atomic E-state index is -3.51. The average Bonchev–Trinajstić information content (AvgIpc) is 3.15. The Balaban J connectivity index is 1.54. The zero-order valence-electron chi connectivity index (χ0n) is 17.5. The summed E-state index contributed by atoms with van der Waals surface area (Å²) in [5.74, 6) is 0.354. The number of piperidine rings is 1. The predicted octanol–water partition coefficient (Wildman–Crippen LogP) is 4.27. The Bertz CT molecular complexity index is 1020. The molecule has 9 heteroatoms. The van der Waals surface area contributed by atoms with Crippen LogP contribution in [-0.2, 0) is 16.7 Å². The third kappa shape index (κ3) is 4.69. The summed E-state index contributed by atoms with van der Waals surface area (Å²) in [6, 6.07) is 7.36. The topological polar surface area (TPSA) is 71.6 Å². The van der Waals surface area contributed by atoms with Crippen molar-refractivity contribution in [2.75, 3.05) is 20.1 Å². The Morgan fingerprint density at radius 3 is 2.57 bits per heavy atom. The van der Waals surface area contributed by atoms with Crippen LogP contribution in [0.5, 0.6) is 0 Å². The van der Waals surface area contributed by atoms with E-state index in [1.807, 2.05) is 6.07 Å². The van der Waals surface area contributed by atoms with Crippen molar-refractivity contribution >= 4 is 22.2 Å². The van der Waals surface area contributed by atoms with Gasteiger partial charge in [0.05, 0.1) is 11.6 Å². The first-order chi connectivity index (χ1) is 14.4. The van der Waals surface area contributed by atoms with Crippen LogP contribution in [0.3, 0.4) is 0 Å². The highest BCUT2D eigenvalue weighted by molar-refractivity contribution is 7.89. The molecule has 2 fully saturated rings. The second-order valence-electron chi connectivity index (χ2n) is 8.36. The maximum Gasteiger partial charge on any atom is 0.288 e. The number of nitrogens with zero attached hydrogens (tertiary/aromatic N) is 4. The van der Waals surface area contributed by atoms with E-state index >= 15 is 0 Å². The summed E-state index contributed by atoms with van der Waals surface area (Å²) >= 11 is 5.38. The Morgan fingerprint density at radius 1 is 1.13 bits per heavy atom. The first-order valence-corrected chi connectivity index (χ1v) is 12.7. The Kier molecular flexibility index (Phi) is 6.72. The molecule has 0 atom stereocenters. The number of aromatic nitrogens is 2. The lowest BCUT2D eigenvalue weighted by atomic mass is 9.95. The lowest BCUT2D eigenvalue weighted by molar-refractivity contribution is 0.144. The quantitative estimate of drug-likeness (QED) is 0.612. The van der Waals surface area contributed by atoms with E-state index in [-0.39, 0.29) is 4.90 Å². The van der Waals surface area contributed by atoms with E-state index in [0.29, 0.717) is 42.1 Å². The number of rotatable bonds is 6. The molecule has 2 aliphatic rings. The van der Waals surface area contributed by atoms with Crippen LogP contribution in [0.4, 0.5) is 0 Å². The van der Waals surface area contributed by atoms with Crippen LogP contribution in [0.15, 0.2) is 33.6 Å². The van der Waals surface area contributed by atoms with Gasteiger partial charge in [-0.1, -0.05) is 31.7 Å². The van der Waals surface area contributed by atoms with Gasteiger partial charge in [-0.2, -0.15) is 4.31 Å². The smallest absolute Gasteiger partial charge is 0.288 e. The molecule has 0 N–H and O–H groups in total. The van der Waals surface area contributed by atoms with Crippen LogP contribution < -0.4 is 0 Å². The lowest BCUT2D eigenvalue weighted by Gasteiger charge is -2.30. The van der Waals surface area contributed by atoms with E-state index in [0.717, 1.165) is 19.3 Å². The van der Waals surface area contributed by atoms with E-state index < -0.39 is 10.0 Å². The Labute approximate surface area is 183 Å². The van der Waals surface area contributed by atoms with Crippen LogP contribution >= 0.6 is 12.2 Å². The highest BCUT2D eigenvalue weighted by atomic mass is 32.2. The maximum atomic E-state index is 13.0. The van der Waals surface area contributed by atoms with Crippen molar-refractivity contribution in [1.29, 1.82) is 0 Å². The number of hydrogen-bond donors (Lipinski definition) is 0. The monoisotopic (exact) mass is 450 g/mol. The van der Waals surface area contributed by atoms with Gasteiger partial charge >= 0.3 is 0 Å². The van der Waals surface area contributed by atoms with Crippen molar-refractivity contribution < 1.29 is 12.8 Å². The first-order valence-electron chi connectivity index (χ1n) is 10.8. The second kappa shape index (κ2) is 9.30. The van der Waals surface area contributed by atoms with Gasteiger partial charge in [0.1, 0.15) is 0 Å². The summed E-state index contributed by atoms with van der Waals surface area (Å²) in [6.45, 7) is 1.73. The molecule has 2 aromatic rings. The SMILES string of the molecule is CN(Cn1nc(-c2cccc(S(=O)(=O)N3CCCCC3)c2)oc1=S)C1CCCCC1. The van der Waals surface area contributed by atoms with Gasteiger partial charge in [-0.15, -0.1) is 5.10 Å². The largest absolute Gasteiger partial charge is 0.409 e. The van der Waals surface area contributed by atoms with Gasteiger partial charge in [0, 0.05) is 24.7 Å². The van der Waals surface area contributed by atoms with Crippen LogP contribution in [0.1, 0.15) is 51.4 Å². The minimum Gasteiger partial charge on any atom is -0.409 e. The maximum absolute atomic E-state index is 13.0. The lowest BCUT2D eigenvalue weighted by Crippen LogP contribution is -2.35. The molecule has 30 heavy (non-hydrogen) atoms. The number of benzene rings is 1. The first kappa shape index (κ1) is 21.7. The number of sulfonamides is 1. The van der Waals surface area contributed by atoms with E-state index in [4.69, 9.17) is 16.6 Å². The van der Waals surface area contributed by atoms with Gasteiger partial charge in [0.25, 0.3) is 4.84 Å². The molecule has 4 rings (SSSR count). The highest BCUT2D eigenvalue weighted by Crippen LogP contribution is 2.26. The summed E-state index contributed by atoms with van der Waals surface area (Å²) in [6.07, 6.45) is 9.15. The van der Waals surface area contributed by atoms with Crippen molar-refractivity contribution in [2.24, 2.45) is 0 Å². The minimum absolute atomic E-state index is 0.275. The molecule has 0 spiro atoms. The average molecular weight is 451 g/mol. The Hall–Kier alpha value is -1.55. The summed E-state index contributed by atoms with van der Waals surface area (Å²) in [4.78, 5) is 2.85. The van der Waals surface area contributed by atoms with Crippen LogP contribution in [0.25, 0.3) is 11.5 Å². The fraction of sp³-hybridized carbons (Fsp3) is 0.619. The van der Waals surface area contributed by atoms with E-state index in [2.05, 4.69) is 17.0 Å². The molecule has 1 saturated carbocycles. The van der Waals surface area contributed by atoms with E-state index in [9.17, 15) is 8.42 Å². The zero-order valence-corrected chi connectivity index (χ0v) is 19.1. The number of hydrogen-bond acceptors (Lipinski definition) is 6. The fourth-order valence-electron chi connectivity index (χ4n) is 4.40. The molecule has 0 unspecified atom stereocenters. The summed E-state index contributed by atoms with van der Waals surface area (Å²) < 4.78 is 35.0. The molecule has 164 valence electrons. The van der Waals surface area contributed by atoms with Crippen LogP contribution in [0, 0.1) is 4.84 Å². The van der Waals surface area contributed by atoms with Crippen LogP contribution in [0.2, 0.25) is 0 Å². The molecule has 1 aromatic heterocycles. The standard InChI is InChI=1S/C21H30N4O3S2/c1-23(18-10-4-2-5-11-18)16-25-21(29)28-20(22-25)17-9-8-12-19(15-17)30(26,27)24-13-6-3-7-14-24/h8-9,12,15,18H,2-7,10-11,13-14,16H2,1H3. The summed E-state index contributed by atoms with van der Waals surface area (Å²) in [5, 5.41) is 4.55. The molecule has 0 amide bonds. The van der Waals surface area contributed by atoms with Crippen LogP contribution in [-0.4, -0.2) is 53.6 Å². The second-order valence-corrected chi connectivity index (χ2v) is 10.6. The third-order valence-corrected chi connectivity index (χ3v) is 8.38. The molecule has 1 aliphatic heterocycles. The van der Waals surface area contributed by atoms with Gasteiger partial charge in [-0.25, -0.2) is 13.1 Å². The molecule has 1 aromatic carbocycles. The zero-order chi connectivity index (χ0) is 21.1. The summed E-state index contributed by atoms with van der Waals surface area (Å²) in [5.41, 5.74) is 0.623. The Morgan fingerprint density at radius 2 is 1.83 bits per heavy atom. The molecule has 0 radical (unpaired) electrons. The van der Waals surface area contributed by atoms with E-state index in [1.165, 1.54) is 32.1 Å². The van der Waals surface area contributed by atoms with Gasteiger partial charge in [0.15, 0.2) is 0 Å². The molecule has 1 saturated heterocycles. The molecule has 7 nitrogen and oxygen atoms in total. The van der Waals surface area contributed by atoms with Gasteiger partial charge in [-0.3, -0.25) is 4.90 Å². The third-order valence-electron chi connectivity index (χ3n) is 6.20. The molecule has 0 bridgehead atoms. The molecular weight excluding hydrogens is 420 g/mol. The van der Waals surface area contributed by atoms with Crippen molar-refractivity contribution in [1.82, 2.24) is 19.0 Å². The molecular formula is C21H30N4O3S2. The van der Waals surface area contributed by atoms with Gasteiger partial charge in [-0.05, 0) is 63.1 Å². The fourth-order valence-corrected chi connectivity index (χ4v) is 6.15. The predicted molar refractivity (Wildman–Crippen MR) is 118 cm³/mol. The summed E-state index contributed by atoms with van der Waals surface area (Å²) in [7, 11) is -1.41. The van der Waals surface area contributed by atoms with Gasteiger partial charge in [0.2, 0.25) is 15.9 Å². The van der Waals surface area contributed by atoms with Gasteiger partial charge < -0.3 is 4.42 Å². The van der Waals surface area contributed by atoms with Crippen molar-refractivity contribution in [3.8, 4) is 11.5 Å². The molecule has 1 aliphatic carbocycles. The normalized spacial score (nSPS) is 19.4. The highest BCUT2D eigenvalue weighted by Gasteiger charge is 2.26. The van der Waals surface area contributed by atoms with E-state index in [1.54, 1.807) is 27.2 Å². The van der Waals surface area contributed by atoms with Crippen molar-refractivity contribution in [3.05, 3.63) is 29.1 Å². The molecule has 2 heterocycles.